The van der Waals surface area contributed by atoms with Gasteiger partial charge in [0.2, 0.25) is 0 Å². The van der Waals surface area contributed by atoms with Crippen LogP contribution < -0.4 is 0 Å². The zero-order valence-electron chi connectivity index (χ0n) is 7.19. The second-order valence-electron chi connectivity index (χ2n) is 3.29. The summed E-state index contributed by atoms with van der Waals surface area (Å²) >= 11 is 0. The summed E-state index contributed by atoms with van der Waals surface area (Å²) < 4.78 is 5.17. The van der Waals surface area contributed by atoms with Gasteiger partial charge >= 0.3 is 0 Å². The summed E-state index contributed by atoms with van der Waals surface area (Å²) in [6, 6.07) is 6.69. The smallest absolute Gasteiger partial charge is 0.275 e. The van der Waals surface area contributed by atoms with Gasteiger partial charge in [-0.3, -0.25) is 10.1 Å². The quantitative estimate of drug-likeness (QED) is 0.395. The molecule has 0 aliphatic carbocycles. The fourth-order valence-corrected chi connectivity index (χ4v) is 1.34. The molecule has 13 heavy (non-hydrogen) atoms. The van der Waals surface area contributed by atoms with Crippen molar-refractivity contribution in [2.45, 2.75) is 12.5 Å². The fraction of sp³-hybridized carbons (Fsp3) is 0.333. The SMILES string of the molecule is CC1(c2ccccc2[N+](=O)[O-])CO1. The van der Waals surface area contributed by atoms with Crippen LogP contribution in [0.3, 0.4) is 0 Å². The van der Waals surface area contributed by atoms with Crippen molar-refractivity contribution in [3.63, 3.8) is 0 Å². The summed E-state index contributed by atoms with van der Waals surface area (Å²) in [4.78, 5) is 10.3. The van der Waals surface area contributed by atoms with Gasteiger partial charge in [0.1, 0.15) is 5.60 Å². The number of nitro benzene ring substituents is 1. The van der Waals surface area contributed by atoms with E-state index in [2.05, 4.69) is 0 Å². The minimum absolute atomic E-state index is 0.141. The Bertz CT molecular complexity index is 358. The lowest BCUT2D eigenvalue weighted by Gasteiger charge is -2.04. The first kappa shape index (κ1) is 8.19. The molecule has 2 rings (SSSR count). The molecular weight excluding hydrogens is 170 g/mol. The lowest BCUT2D eigenvalue weighted by Crippen LogP contribution is -2.05. The van der Waals surface area contributed by atoms with Crippen molar-refractivity contribution in [2.24, 2.45) is 0 Å². The van der Waals surface area contributed by atoms with E-state index in [4.69, 9.17) is 4.74 Å². The van der Waals surface area contributed by atoms with Gasteiger partial charge in [0.25, 0.3) is 5.69 Å². The summed E-state index contributed by atoms with van der Waals surface area (Å²) in [6.45, 7) is 2.42. The van der Waals surface area contributed by atoms with Crippen molar-refractivity contribution >= 4 is 5.69 Å². The fourth-order valence-electron chi connectivity index (χ4n) is 1.34. The molecule has 1 unspecified atom stereocenters. The van der Waals surface area contributed by atoms with Gasteiger partial charge in [-0.05, 0) is 13.0 Å². The van der Waals surface area contributed by atoms with Gasteiger partial charge in [-0.15, -0.1) is 0 Å². The topological polar surface area (TPSA) is 55.7 Å². The van der Waals surface area contributed by atoms with Crippen molar-refractivity contribution in [1.82, 2.24) is 0 Å². The third kappa shape index (κ3) is 1.29. The summed E-state index contributed by atoms with van der Waals surface area (Å²) in [5.41, 5.74) is 0.381. The summed E-state index contributed by atoms with van der Waals surface area (Å²) in [6.07, 6.45) is 0. The van der Waals surface area contributed by atoms with Crippen LogP contribution >= 0.6 is 0 Å². The molecule has 0 spiro atoms. The Kier molecular flexibility index (Phi) is 1.60. The summed E-state index contributed by atoms with van der Waals surface area (Å²) in [5, 5.41) is 10.6. The molecule has 1 aliphatic heterocycles. The zero-order chi connectivity index (χ0) is 9.47. The minimum Gasteiger partial charge on any atom is -0.365 e. The molecule has 1 fully saturated rings. The first-order valence-corrected chi connectivity index (χ1v) is 4.01. The van der Waals surface area contributed by atoms with Crippen molar-refractivity contribution < 1.29 is 9.66 Å². The molecule has 4 nitrogen and oxygen atoms in total. The maximum absolute atomic E-state index is 10.6. The third-order valence-corrected chi connectivity index (χ3v) is 2.25. The summed E-state index contributed by atoms with van der Waals surface area (Å²) in [5.74, 6) is 0. The van der Waals surface area contributed by atoms with Crippen molar-refractivity contribution in [3.8, 4) is 0 Å². The highest BCUT2D eigenvalue weighted by Crippen LogP contribution is 2.42. The maximum Gasteiger partial charge on any atom is 0.275 e. The average molecular weight is 179 g/mol. The second-order valence-corrected chi connectivity index (χ2v) is 3.29. The first-order valence-electron chi connectivity index (χ1n) is 4.01. The molecule has 68 valence electrons. The average Bonchev–Trinajstić information content (AvgIpc) is 2.85. The van der Waals surface area contributed by atoms with Crippen LogP contribution in [0.4, 0.5) is 5.69 Å². The predicted octanol–water partition coefficient (Wildman–Crippen LogP) is 1.84. The number of nitrogens with zero attached hydrogens (tertiary/aromatic N) is 1. The molecule has 1 atom stereocenters. The van der Waals surface area contributed by atoms with Crippen LogP contribution in [0.25, 0.3) is 0 Å². The minimum atomic E-state index is -0.427. The van der Waals surface area contributed by atoms with E-state index in [0.29, 0.717) is 12.2 Å². The van der Waals surface area contributed by atoms with Gasteiger partial charge < -0.3 is 4.74 Å². The van der Waals surface area contributed by atoms with E-state index in [9.17, 15) is 10.1 Å². The first-order chi connectivity index (χ1) is 6.13. The number of benzene rings is 1. The zero-order valence-corrected chi connectivity index (χ0v) is 7.19. The molecular formula is C9H9NO3. The lowest BCUT2D eigenvalue weighted by molar-refractivity contribution is -0.386. The Balaban J connectivity index is 2.50. The molecule has 0 radical (unpaired) electrons. The number of rotatable bonds is 2. The van der Waals surface area contributed by atoms with E-state index >= 15 is 0 Å². The molecule has 1 aliphatic rings. The number of hydrogen-bond acceptors (Lipinski definition) is 3. The molecule has 0 saturated carbocycles. The molecule has 0 N–H and O–H groups in total. The Morgan fingerprint density at radius 3 is 2.69 bits per heavy atom. The van der Waals surface area contributed by atoms with Crippen LogP contribution in [0, 0.1) is 10.1 Å². The van der Waals surface area contributed by atoms with Crippen LogP contribution in [0.5, 0.6) is 0 Å². The highest BCUT2D eigenvalue weighted by molar-refractivity contribution is 5.45. The van der Waals surface area contributed by atoms with Gasteiger partial charge in [0.15, 0.2) is 0 Å². The van der Waals surface area contributed by atoms with Gasteiger partial charge in [0.05, 0.1) is 17.1 Å². The van der Waals surface area contributed by atoms with Crippen LogP contribution in [-0.2, 0) is 10.3 Å². The standard InChI is InChI=1S/C9H9NO3/c1-9(6-13-9)7-4-2-3-5-8(7)10(11)12/h2-5H,6H2,1H3. The number of hydrogen-bond donors (Lipinski definition) is 0. The monoisotopic (exact) mass is 179 g/mol. The van der Waals surface area contributed by atoms with E-state index in [-0.39, 0.29) is 10.6 Å². The van der Waals surface area contributed by atoms with Gasteiger partial charge in [-0.1, -0.05) is 12.1 Å². The van der Waals surface area contributed by atoms with E-state index in [1.807, 2.05) is 6.92 Å². The highest BCUT2D eigenvalue weighted by Gasteiger charge is 2.45. The van der Waals surface area contributed by atoms with Gasteiger partial charge in [-0.25, -0.2) is 0 Å². The van der Waals surface area contributed by atoms with Crippen LogP contribution in [0.1, 0.15) is 12.5 Å². The van der Waals surface area contributed by atoms with Crippen molar-refractivity contribution in [2.75, 3.05) is 6.61 Å². The normalized spacial score (nSPS) is 25.6. The third-order valence-electron chi connectivity index (χ3n) is 2.25. The Morgan fingerprint density at radius 2 is 2.15 bits per heavy atom. The summed E-state index contributed by atoms with van der Waals surface area (Å²) in [7, 11) is 0. The highest BCUT2D eigenvalue weighted by atomic mass is 16.6. The largest absolute Gasteiger partial charge is 0.365 e. The van der Waals surface area contributed by atoms with Crippen molar-refractivity contribution in [3.05, 3.63) is 39.9 Å². The number of nitro groups is 1. The van der Waals surface area contributed by atoms with Gasteiger partial charge in [-0.2, -0.15) is 0 Å². The Labute approximate surface area is 75.3 Å². The van der Waals surface area contributed by atoms with Crippen molar-refractivity contribution in [1.29, 1.82) is 0 Å². The number of epoxide rings is 1. The van der Waals surface area contributed by atoms with Gasteiger partial charge in [0, 0.05) is 6.07 Å². The van der Waals surface area contributed by atoms with Crippen LogP contribution in [0.2, 0.25) is 0 Å². The molecule has 0 amide bonds. The van der Waals surface area contributed by atoms with Crippen LogP contribution in [-0.4, -0.2) is 11.5 Å². The van der Waals surface area contributed by atoms with E-state index in [1.165, 1.54) is 6.07 Å². The molecule has 1 saturated heterocycles. The second kappa shape index (κ2) is 2.53. The lowest BCUT2D eigenvalue weighted by atomic mass is 10.0. The molecule has 4 heteroatoms. The van der Waals surface area contributed by atoms with Crippen LogP contribution in [0.15, 0.2) is 24.3 Å². The Morgan fingerprint density at radius 1 is 1.54 bits per heavy atom. The molecule has 1 aromatic carbocycles. The molecule has 0 bridgehead atoms. The number of para-hydroxylation sites is 1. The number of ether oxygens (including phenoxy) is 1. The predicted molar refractivity (Wildman–Crippen MR) is 46.4 cm³/mol. The molecule has 1 aromatic rings. The van der Waals surface area contributed by atoms with E-state index < -0.39 is 5.60 Å². The molecule has 1 heterocycles. The molecule has 0 aromatic heterocycles. The van der Waals surface area contributed by atoms with E-state index in [0.717, 1.165) is 0 Å². The maximum atomic E-state index is 10.6. The van der Waals surface area contributed by atoms with E-state index in [1.54, 1.807) is 18.2 Å². The Hall–Kier alpha value is -1.42.